The zero-order valence-corrected chi connectivity index (χ0v) is 15.3. The van der Waals surface area contributed by atoms with Gasteiger partial charge in [-0.2, -0.15) is 0 Å². The van der Waals surface area contributed by atoms with Gasteiger partial charge in [0, 0.05) is 37.7 Å². The lowest BCUT2D eigenvalue weighted by atomic mass is 9.51. The topological polar surface area (TPSA) is 40.6 Å². The first-order valence-electron chi connectivity index (χ1n) is 10.3. The third kappa shape index (κ3) is 2.74. The lowest BCUT2D eigenvalue weighted by Gasteiger charge is -2.54. The van der Waals surface area contributed by atoms with Gasteiger partial charge < -0.3 is 9.80 Å². The summed E-state index contributed by atoms with van der Waals surface area (Å²) in [6, 6.07) is 9.47. The van der Waals surface area contributed by atoms with Crippen molar-refractivity contribution in [3.8, 4) is 0 Å². The average Bonchev–Trinajstić information content (AvgIpc) is 2.67. The van der Waals surface area contributed by atoms with Gasteiger partial charge in [0.2, 0.25) is 5.91 Å². The molecule has 5 aliphatic rings. The predicted octanol–water partition coefficient (Wildman–Crippen LogP) is 3.04. The lowest BCUT2D eigenvalue weighted by molar-refractivity contribution is -0.150. The molecule has 6 rings (SSSR count). The molecule has 1 aliphatic heterocycles. The smallest absolute Gasteiger partial charge is 0.253 e. The number of carbonyl (C=O) groups is 2. The maximum absolute atomic E-state index is 13.3. The minimum atomic E-state index is 0.0901. The first kappa shape index (κ1) is 16.3. The second-order valence-electron chi connectivity index (χ2n) is 8.94. The highest BCUT2D eigenvalue weighted by Gasteiger charge is 2.51. The van der Waals surface area contributed by atoms with Gasteiger partial charge in [-0.15, -0.1) is 0 Å². The molecule has 0 radical (unpaired) electrons. The van der Waals surface area contributed by atoms with E-state index in [4.69, 9.17) is 0 Å². The van der Waals surface area contributed by atoms with Crippen LogP contribution in [0.15, 0.2) is 30.3 Å². The number of benzene rings is 1. The molecule has 0 N–H and O–H groups in total. The van der Waals surface area contributed by atoms with E-state index in [0.29, 0.717) is 43.9 Å². The summed E-state index contributed by atoms with van der Waals surface area (Å²) in [6.45, 7) is 2.71. The molecule has 4 bridgehead atoms. The minimum Gasteiger partial charge on any atom is -0.339 e. The van der Waals surface area contributed by atoms with Crippen LogP contribution in [0.4, 0.5) is 0 Å². The Morgan fingerprint density at radius 3 is 1.85 bits per heavy atom. The number of piperazine rings is 1. The molecule has 2 amide bonds. The van der Waals surface area contributed by atoms with Crippen LogP contribution in [0.2, 0.25) is 0 Å². The second-order valence-corrected chi connectivity index (χ2v) is 8.94. The van der Waals surface area contributed by atoms with E-state index < -0.39 is 0 Å². The SMILES string of the molecule is O=C(c1ccccc1)N1CCN(C(=O)C2C3CC4CC(C3)CC2C4)CC1. The van der Waals surface area contributed by atoms with Crippen LogP contribution >= 0.6 is 0 Å². The van der Waals surface area contributed by atoms with Gasteiger partial charge in [0.1, 0.15) is 0 Å². The minimum absolute atomic E-state index is 0.0901. The van der Waals surface area contributed by atoms with Crippen LogP contribution < -0.4 is 0 Å². The van der Waals surface area contributed by atoms with Crippen LogP contribution in [0.5, 0.6) is 0 Å². The highest BCUT2D eigenvalue weighted by atomic mass is 16.2. The molecule has 1 saturated heterocycles. The zero-order valence-electron chi connectivity index (χ0n) is 15.3. The highest BCUT2D eigenvalue weighted by molar-refractivity contribution is 5.94. The number of hydrogen-bond donors (Lipinski definition) is 0. The summed E-state index contributed by atoms with van der Waals surface area (Å²) in [5, 5.41) is 0. The van der Waals surface area contributed by atoms with E-state index in [1.165, 1.54) is 32.1 Å². The van der Waals surface area contributed by atoms with Crippen molar-refractivity contribution in [1.82, 2.24) is 9.80 Å². The molecule has 26 heavy (non-hydrogen) atoms. The van der Waals surface area contributed by atoms with Crippen LogP contribution in [-0.2, 0) is 4.79 Å². The lowest BCUT2D eigenvalue weighted by Crippen LogP contribution is -2.56. The Balaban J connectivity index is 1.22. The maximum Gasteiger partial charge on any atom is 0.253 e. The summed E-state index contributed by atoms with van der Waals surface area (Å²) in [5.41, 5.74) is 0.744. The molecule has 1 aromatic rings. The van der Waals surface area contributed by atoms with Crippen molar-refractivity contribution < 1.29 is 9.59 Å². The van der Waals surface area contributed by atoms with Crippen LogP contribution in [0.25, 0.3) is 0 Å². The van der Waals surface area contributed by atoms with Crippen molar-refractivity contribution in [3.05, 3.63) is 35.9 Å². The summed E-state index contributed by atoms with van der Waals surface area (Å²) in [5.74, 6) is 3.85. The van der Waals surface area contributed by atoms with E-state index >= 15 is 0 Å². The van der Waals surface area contributed by atoms with Crippen molar-refractivity contribution in [1.29, 1.82) is 0 Å². The van der Waals surface area contributed by atoms with Crippen molar-refractivity contribution in [2.45, 2.75) is 32.1 Å². The largest absolute Gasteiger partial charge is 0.339 e. The molecule has 0 aromatic heterocycles. The van der Waals surface area contributed by atoms with E-state index in [0.717, 1.165) is 17.4 Å². The van der Waals surface area contributed by atoms with Crippen LogP contribution in [0.3, 0.4) is 0 Å². The normalized spacial score (nSPS) is 35.6. The summed E-state index contributed by atoms with van der Waals surface area (Å²) in [4.78, 5) is 29.8. The van der Waals surface area contributed by atoms with Gasteiger partial charge in [0.25, 0.3) is 5.91 Å². The van der Waals surface area contributed by atoms with Gasteiger partial charge in [0.05, 0.1) is 0 Å². The Morgan fingerprint density at radius 1 is 0.731 bits per heavy atom. The molecular formula is C22H28N2O2. The molecule has 138 valence electrons. The van der Waals surface area contributed by atoms with Gasteiger partial charge in [-0.05, 0) is 67.9 Å². The molecule has 0 spiro atoms. The van der Waals surface area contributed by atoms with Gasteiger partial charge in [-0.3, -0.25) is 9.59 Å². The van der Waals surface area contributed by atoms with Crippen LogP contribution in [0.1, 0.15) is 42.5 Å². The summed E-state index contributed by atoms with van der Waals surface area (Å²) >= 11 is 0. The summed E-state index contributed by atoms with van der Waals surface area (Å²) in [7, 11) is 0. The predicted molar refractivity (Wildman–Crippen MR) is 99.5 cm³/mol. The van der Waals surface area contributed by atoms with E-state index in [9.17, 15) is 9.59 Å². The first-order chi connectivity index (χ1) is 12.7. The summed E-state index contributed by atoms with van der Waals surface area (Å²) in [6.07, 6.45) is 6.58. The quantitative estimate of drug-likeness (QED) is 0.821. The molecule has 1 heterocycles. The van der Waals surface area contributed by atoms with Crippen LogP contribution in [0, 0.1) is 29.6 Å². The van der Waals surface area contributed by atoms with E-state index in [1.54, 1.807) is 0 Å². The maximum atomic E-state index is 13.3. The molecular weight excluding hydrogens is 324 g/mol. The van der Waals surface area contributed by atoms with Crippen molar-refractivity contribution in [3.63, 3.8) is 0 Å². The molecule has 0 atom stereocenters. The Bertz CT molecular complexity index is 665. The number of nitrogens with zero attached hydrogens (tertiary/aromatic N) is 2. The second kappa shape index (κ2) is 6.40. The molecule has 5 fully saturated rings. The monoisotopic (exact) mass is 352 g/mol. The number of hydrogen-bond acceptors (Lipinski definition) is 2. The fourth-order valence-electron chi connectivity index (χ4n) is 6.43. The Morgan fingerprint density at radius 2 is 1.27 bits per heavy atom. The Kier molecular flexibility index (Phi) is 4.02. The van der Waals surface area contributed by atoms with Gasteiger partial charge >= 0.3 is 0 Å². The number of carbonyl (C=O) groups excluding carboxylic acids is 2. The fourth-order valence-corrected chi connectivity index (χ4v) is 6.43. The van der Waals surface area contributed by atoms with Crippen molar-refractivity contribution in [2.75, 3.05) is 26.2 Å². The Labute approximate surface area is 155 Å². The van der Waals surface area contributed by atoms with Gasteiger partial charge in [0.15, 0.2) is 0 Å². The zero-order chi connectivity index (χ0) is 17.7. The van der Waals surface area contributed by atoms with Crippen LogP contribution in [-0.4, -0.2) is 47.8 Å². The molecule has 4 heteroatoms. The molecule has 0 unspecified atom stereocenters. The number of amides is 2. The van der Waals surface area contributed by atoms with Crippen molar-refractivity contribution in [2.24, 2.45) is 29.6 Å². The average molecular weight is 352 g/mol. The molecule has 4 aliphatic carbocycles. The third-order valence-electron chi connectivity index (χ3n) is 7.41. The molecule has 4 nitrogen and oxygen atoms in total. The van der Waals surface area contributed by atoms with Gasteiger partial charge in [-0.1, -0.05) is 18.2 Å². The summed E-state index contributed by atoms with van der Waals surface area (Å²) < 4.78 is 0. The van der Waals surface area contributed by atoms with E-state index in [1.807, 2.05) is 35.2 Å². The van der Waals surface area contributed by atoms with E-state index in [2.05, 4.69) is 4.90 Å². The standard InChI is InChI=1S/C22H28N2O2/c25-21(17-4-2-1-3-5-17)23-6-8-24(9-7-23)22(26)20-18-11-15-10-16(13-18)14-19(20)12-15/h1-5,15-16,18-20H,6-14H2. The Hall–Kier alpha value is -1.84. The van der Waals surface area contributed by atoms with Crippen molar-refractivity contribution >= 4 is 11.8 Å². The molecule has 1 aromatic carbocycles. The number of rotatable bonds is 2. The third-order valence-corrected chi connectivity index (χ3v) is 7.41. The fraction of sp³-hybridized carbons (Fsp3) is 0.636. The van der Waals surface area contributed by atoms with E-state index in [-0.39, 0.29) is 11.8 Å². The molecule has 4 saturated carbocycles. The first-order valence-corrected chi connectivity index (χ1v) is 10.3. The highest BCUT2D eigenvalue weighted by Crippen LogP contribution is 2.56. The van der Waals surface area contributed by atoms with Gasteiger partial charge in [-0.25, -0.2) is 0 Å².